The van der Waals surface area contributed by atoms with Gasteiger partial charge in [0.05, 0.1) is 6.10 Å². The van der Waals surface area contributed by atoms with Gasteiger partial charge in [0.15, 0.2) is 0 Å². The van der Waals surface area contributed by atoms with E-state index >= 15 is 0 Å². The minimum atomic E-state index is -0.165. The smallest absolute Gasteiger partial charge is 0.127 e. The van der Waals surface area contributed by atoms with E-state index in [-0.39, 0.29) is 17.2 Å². The molecule has 0 bridgehead atoms. The van der Waals surface area contributed by atoms with E-state index in [1.165, 1.54) is 6.07 Å². The second-order valence-electron chi connectivity index (χ2n) is 4.28. The molecule has 3 atom stereocenters. The molecule has 2 N–H and O–H groups in total. The van der Waals surface area contributed by atoms with E-state index in [0.717, 1.165) is 13.0 Å². The van der Waals surface area contributed by atoms with E-state index in [9.17, 15) is 4.39 Å². The zero-order valence-corrected chi connectivity index (χ0v) is 10.8. The summed E-state index contributed by atoms with van der Waals surface area (Å²) in [7, 11) is 0. The predicted molar refractivity (Wildman–Crippen MR) is 69.6 cm³/mol. The zero-order chi connectivity index (χ0) is 12.3. The first-order chi connectivity index (χ1) is 8.22. The van der Waals surface area contributed by atoms with Crippen molar-refractivity contribution in [3.05, 3.63) is 35.6 Å². The normalized spacial score (nSPS) is 26.1. The van der Waals surface area contributed by atoms with E-state index < -0.39 is 0 Å². The number of halogens is 1. The molecule has 0 aliphatic carbocycles. The van der Waals surface area contributed by atoms with Crippen molar-refractivity contribution in [1.29, 1.82) is 0 Å². The Kier molecular flexibility index (Phi) is 4.42. The summed E-state index contributed by atoms with van der Waals surface area (Å²) in [6.45, 7) is 3.32. The first kappa shape index (κ1) is 12.9. The maximum absolute atomic E-state index is 13.7. The second-order valence-corrected chi connectivity index (χ2v) is 5.73. The van der Waals surface area contributed by atoms with Crippen LogP contribution in [-0.4, -0.2) is 24.5 Å². The van der Waals surface area contributed by atoms with Crippen LogP contribution in [0.25, 0.3) is 0 Å². The Morgan fingerprint density at radius 1 is 1.53 bits per heavy atom. The van der Waals surface area contributed by atoms with Crippen LogP contribution >= 0.6 is 11.8 Å². The summed E-state index contributed by atoms with van der Waals surface area (Å²) in [6.07, 6.45) is 1.26. The third kappa shape index (κ3) is 3.00. The monoisotopic (exact) mass is 255 g/mol. The summed E-state index contributed by atoms with van der Waals surface area (Å²) in [5, 5.41) is 0.438. The highest BCUT2D eigenvalue weighted by Gasteiger charge is 2.28. The zero-order valence-electron chi connectivity index (χ0n) is 9.93. The quantitative estimate of drug-likeness (QED) is 0.898. The van der Waals surface area contributed by atoms with Crippen LogP contribution in [0.4, 0.5) is 4.39 Å². The Labute approximate surface area is 106 Å². The minimum Gasteiger partial charge on any atom is -0.377 e. The lowest BCUT2D eigenvalue weighted by Crippen LogP contribution is -2.19. The molecule has 1 fully saturated rings. The van der Waals surface area contributed by atoms with E-state index in [2.05, 4.69) is 6.92 Å². The summed E-state index contributed by atoms with van der Waals surface area (Å²) in [6, 6.07) is 6.88. The Bertz CT molecular complexity index is 374. The van der Waals surface area contributed by atoms with Crippen LogP contribution in [0.5, 0.6) is 0 Å². The molecule has 0 aromatic heterocycles. The standard InChI is InChI=1S/C13H18FNOS/c1-9-12(6-7-16-9)17-13(8-15)10-4-2-3-5-11(10)14/h2-5,9,12-13H,6-8,15H2,1H3. The summed E-state index contributed by atoms with van der Waals surface area (Å²) >= 11 is 1.74. The molecule has 1 aliphatic rings. The molecule has 4 heteroatoms. The summed E-state index contributed by atoms with van der Waals surface area (Å²) < 4.78 is 19.2. The Morgan fingerprint density at radius 3 is 2.88 bits per heavy atom. The average Bonchev–Trinajstić information content (AvgIpc) is 2.73. The van der Waals surface area contributed by atoms with Crippen molar-refractivity contribution < 1.29 is 9.13 Å². The van der Waals surface area contributed by atoms with Crippen LogP contribution in [0.3, 0.4) is 0 Å². The van der Waals surface area contributed by atoms with Gasteiger partial charge in [-0.15, -0.1) is 11.8 Å². The van der Waals surface area contributed by atoms with Crippen molar-refractivity contribution in [3.63, 3.8) is 0 Å². The Balaban J connectivity index is 2.09. The summed E-state index contributed by atoms with van der Waals surface area (Å²) in [4.78, 5) is 0. The second kappa shape index (κ2) is 5.85. The summed E-state index contributed by atoms with van der Waals surface area (Å²) in [5.74, 6) is -0.165. The number of ether oxygens (including phenoxy) is 1. The van der Waals surface area contributed by atoms with Crippen LogP contribution in [-0.2, 0) is 4.74 Å². The lowest BCUT2D eigenvalue weighted by atomic mass is 10.1. The van der Waals surface area contributed by atoms with Crippen LogP contribution in [0.2, 0.25) is 0 Å². The molecule has 17 heavy (non-hydrogen) atoms. The molecule has 2 nitrogen and oxygen atoms in total. The van der Waals surface area contributed by atoms with Crippen LogP contribution in [0.1, 0.15) is 24.2 Å². The topological polar surface area (TPSA) is 35.2 Å². The highest BCUT2D eigenvalue weighted by molar-refractivity contribution is 8.00. The van der Waals surface area contributed by atoms with Gasteiger partial charge in [-0.05, 0) is 19.4 Å². The van der Waals surface area contributed by atoms with Gasteiger partial charge in [-0.1, -0.05) is 18.2 Å². The van der Waals surface area contributed by atoms with Gasteiger partial charge in [0.1, 0.15) is 5.82 Å². The number of hydrogen-bond acceptors (Lipinski definition) is 3. The molecule has 1 heterocycles. The largest absolute Gasteiger partial charge is 0.377 e. The fraction of sp³-hybridized carbons (Fsp3) is 0.538. The minimum absolute atomic E-state index is 0.0188. The molecule has 1 aromatic carbocycles. The Hall–Kier alpha value is -0.580. The molecule has 94 valence electrons. The van der Waals surface area contributed by atoms with Gasteiger partial charge >= 0.3 is 0 Å². The molecule has 0 saturated carbocycles. The first-order valence-electron chi connectivity index (χ1n) is 5.94. The molecule has 3 unspecified atom stereocenters. The lowest BCUT2D eigenvalue weighted by molar-refractivity contribution is 0.127. The molecule has 1 aliphatic heterocycles. The molecule has 1 aromatic rings. The molecule has 0 spiro atoms. The van der Waals surface area contributed by atoms with Gasteiger partial charge in [0.2, 0.25) is 0 Å². The van der Waals surface area contributed by atoms with Gasteiger partial charge in [-0.2, -0.15) is 0 Å². The number of benzene rings is 1. The van der Waals surface area contributed by atoms with E-state index in [1.54, 1.807) is 17.8 Å². The maximum atomic E-state index is 13.7. The fourth-order valence-corrected chi connectivity index (χ4v) is 3.50. The van der Waals surface area contributed by atoms with Crippen molar-refractivity contribution in [2.45, 2.75) is 29.9 Å². The van der Waals surface area contributed by atoms with Crippen molar-refractivity contribution in [2.75, 3.05) is 13.2 Å². The number of hydrogen-bond donors (Lipinski definition) is 1. The average molecular weight is 255 g/mol. The van der Waals surface area contributed by atoms with Gasteiger partial charge in [-0.3, -0.25) is 0 Å². The van der Waals surface area contributed by atoms with E-state index in [1.807, 2.05) is 12.1 Å². The van der Waals surface area contributed by atoms with Crippen molar-refractivity contribution in [3.8, 4) is 0 Å². The van der Waals surface area contributed by atoms with Crippen LogP contribution < -0.4 is 5.73 Å². The van der Waals surface area contributed by atoms with Crippen molar-refractivity contribution in [1.82, 2.24) is 0 Å². The highest BCUT2D eigenvalue weighted by Crippen LogP contribution is 2.38. The molecule has 0 radical (unpaired) electrons. The van der Waals surface area contributed by atoms with Gasteiger partial charge in [0, 0.05) is 29.2 Å². The van der Waals surface area contributed by atoms with Gasteiger partial charge in [-0.25, -0.2) is 4.39 Å². The molecular formula is C13H18FNOS. The summed E-state index contributed by atoms with van der Waals surface area (Å²) in [5.41, 5.74) is 6.48. The first-order valence-corrected chi connectivity index (χ1v) is 6.88. The highest BCUT2D eigenvalue weighted by atomic mass is 32.2. The Morgan fingerprint density at radius 2 is 2.29 bits per heavy atom. The van der Waals surface area contributed by atoms with Crippen molar-refractivity contribution in [2.24, 2.45) is 5.73 Å². The third-order valence-corrected chi connectivity index (χ3v) is 4.86. The number of rotatable bonds is 4. The number of thioether (sulfide) groups is 1. The SMILES string of the molecule is CC1OCCC1SC(CN)c1ccccc1F. The molecule has 0 amide bonds. The molecule has 2 rings (SSSR count). The van der Waals surface area contributed by atoms with Gasteiger partial charge < -0.3 is 10.5 Å². The molecule has 1 saturated heterocycles. The van der Waals surface area contributed by atoms with E-state index in [4.69, 9.17) is 10.5 Å². The van der Waals surface area contributed by atoms with Crippen molar-refractivity contribution >= 4 is 11.8 Å². The van der Waals surface area contributed by atoms with Crippen LogP contribution in [0.15, 0.2) is 24.3 Å². The molecular weight excluding hydrogens is 237 g/mol. The number of nitrogens with two attached hydrogens (primary N) is 1. The van der Waals surface area contributed by atoms with Gasteiger partial charge in [0.25, 0.3) is 0 Å². The lowest BCUT2D eigenvalue weighted by Gasteiger charge is -2.21. The maximum Gasteiger partial charge on any atom is 0.127 e. The third-order valence-electron chi connectivity index (χ3n) is 3.11. The fourth-order valence-electron chi connectivity index (χ4n) is 2.09. The van der Waals surface area contributed by atoms with Crippen LogP contribution in [0, 0.1) is 5.82 Å². The van der Waals surface area contributed by atoms with E-state index in [0.29, 0.717) is 17.4 Å². The predicted octanol–water partition coefficient (Wildman–Crippen LogP) is 2.74.